The fourth-order valence-electron chi connectivity index (χ4n) is 4.31. The predicted octanol–water partition coefficient (Wildman–Crippen LogP) is 7.62. The second kappa shape index (κ2) is 10.8. The Hall–Kier alpha value is -3.19. The number of amides is 1. The summed E-state index contributed by atoms with van der Waals surface area (Å²) in [5.41, 5.74) is 2.19. The normalized spacial score (nSPS) is 15.5. The molecule has 0 saturated heterocycles. The Kier molecular flexibility index (Phi) is 7.19. The fraction of sp³-hybridized carbons (Fsp3) is 0.0714. The first-order chi connectivity index (χ1) is 18.9. The van der Waals surface area contributed by atoms with Crippen LogP contribution in [0, 0.1) is 3.57 Å². The molecule has 1 aliphatic heterocycles. The average Bonchev–Trinajstić information content (AvgIpc) is 3.65. The predicted molar refractivity (Wildman–Crippen MR) is 161 cm³/mol. The lowest BCUT2D eigenvalue weighted by atomic mass is 9.95. The summed E-state index contributed by atoms with van der Waals surface area (Å²) in [5, 5.41) is 21.2. The van der Waals surface area contributed by atoms with Gasteiger partial charge in [-0.2, -0.15) is 0 Å². The molecule has 0 bridgehead atoms. The molecule has 11 heteroatoms. The number of fused-ring (bicyclic) bond motifs is 1. The molecule has 0 fully saturated rings. The third-order valence-electron chi connectivity index (χ3n) is 6.17. The Morgan fingerprint density at radius 2 is 1.82 bits per heavy atom. The molecule has 1 aliphatic rings. The molecule has 3 heterocycles. The Labute approximate surface area is 249 Å². The van der Waals surface area contributed by atoms with Crippen LogP contribution in [0.1, 0.15) is 27.7 Å². The van der Waals surface area contributed by atoms with E-state index in [9.17, 15) is 14.7 Å². The van der Waals surface area contributed by atoms with Crippen molar-refractivity contribution < 1.29 is 19.1 Å². The molecule has 1 unspecified atom stereocenters. The molecular formula is C28H17ClIN3O4S2. The van der Waals surface area contributed by atoms with Crippen molar-refractivity contribution in [3.05, 3.63) is 116 Å². The summed E-state index contributed by atoms with van der Waals surface area (Å²) in [6.45, 7) is 0. The van der Waals surface area contributed by atoms with E-state index < -0.39 is 23.5 Å². The fourth-order valence-corrected chi connectivity index (χ4v) is 6.61. The van der Waals surface area contributed by atoms with E-state index in [-0.39, 0.29) is 16.5 Å². The number of nitrogens with zero attached hydrogens (tertiary/aromatic N) is 3. The van der Waals surface area contributed by atoms with Crippen LogP contribution < -0.4 is 4.90 Å². The van der Waals surface area contributed by atoms with E-state index >= 15 is 0 Å². The molecule has 0 saturated carbocycles. The van der Waals surface area contributed by atoms with E-state index in [0.29, 0.717) is 26.3 Å². The Bertz CT molecular complexity index is 1720. The standard InChI is InChI=1S/C28H17ClIN3O4S2/c29-18-9-5-15(6-10-18)14-38-28-32-31-27(39-28)33-23(16-7-11-19(30)12-8-16)22(25(35)26(33)36)24(34)21-13-17-3-1-2-4-20(17)37-21/h1-13,23,35H,14H2. The summed E-state index contributed by atoms with van der Waals surface area (Å²) in [5.74, 6) is -1.23. The number of furan rings is 1. The Morgan fingerprint density at radius 1 is 1.08 bits per heavy atom. The first-order valence-electron chi connectivity index (χ1n) is 11.7. The van der Waals surface area contributed by atoms with Crippen molar-refractivity contribution in [2.75, 3.05) is 4.90 Å². The number of ketones is 1. The van der Waals surface area contributed by atoms with Gasteiger partial charge in [-0.05, 0) is 70.1 Å². The van der Waals surface area contributed by atoms with Crippen LogP contribution >= 0.6 is 57.3 Å². The van der Waals surface area contributed by atoms with Gasteiger partial charge in [-0.25, -0.2) is 0 Å². The molecule has 7 nitrogen and oxygen atoms in total. The Balaban J connectivity index is 1.35. The molecular weight excluding hydrogens is 669 g/mol. The number of rotatable bonds is 7. The van der Waals surface area contributed by atoms with Crippen LogP contribution in [0.2, 0.25) is 5.02 Å². The first kappa shape index (κ1) is 26.1. The summed E-state index contributed by atoms with van der Waals surface area (Å²) in [4.78, 5) is 28.5. The Morgan fingerprint density at radius 3 is 2.56 bits per heavy atom. The van der Waals surface area contributed by atoms with Crippen molar-refractivity contribution in [1.82, 2.24) is 10.2 Å². The third kappa shape index (κ3) is 5.09. The van der Waals surface area contributed by atoms with E-state index in [4.69, 9.17) is 16.0 Å². The summed E-state index contributed by atoms with van der Waals surface area (Å²) in [6, 6.07) is 22.9. The van der Waals surface area contributed by atoms with Gasteiger partial charge in [-0.1, -0.05) is 77.2 Å². The number of carbonyl (C=O) groups is 2. The van der Waals surface area contributed by atoms with Gasteiger partial charge in [0.1, 0.15) is 5.58 Å². The number of thioether (sulfide) groups is 1. The molecule has 1 atom stereocenters. The molecule has 39 heavy (non-hydrogen) atoms. The smallest absolute Gasteiger partial charge is 0.296 e. The van der Waals surface area contributed by atoms with Crippen molar-refractivity contribution >= 4 is 85.1 Å². The van der Waals surface area contributed by atoms with Gasteiger partial charge in [0.25, 0.3) is 5.91 Å². The molecule has 3 aromatic carbocycles. The maximum Gasteiger partial charge on any atom is 0.296 e. The van der Waals surface area contributed by atoms with Crippen LogP contribution in [0.4, 0.5) is 5.13 Å². The lowest BCUT2D eigenvalue weighted by Gasteiger charge is -2.23. The second-order valence-electron chi connectivity index (χ2n) is 8.63. The minimum atomic E-state index is -0.905. The number of hydrogen-bond acceptors (Lipinski definition) is 8. The van der Waals surface area contributed by atoms with Gasteiger partial charge in [0.15, 0.2) is 15.9 Å². The van der Waals surface area contributed by atoms with Crippen molar-refractivity contribution in [3.63, 3.8) is 0 Å². The SMILES string of the molecule is O=C(C1=C(O)C(=O)N(c2nnc(SCc3ccc(Cl)cc3)s2)C1c1ccc(I)cc1)c1cc2ccccc2o1. The number of anilines is 1. The van der Waals surface area contributed by atoms with Gasteiger partial charge in [0.2, 0.25) is 10.9 Å². The minimum absolute atomic E-state index is 0.0411. The van der Waals surface area contributed by atoms with Gasteiger partial charge < -0.3 is 9.52 Å². The highest BCUT2D eigenvalue weighted by molar-refractivity contribution is 14.1. The van der Waals surface area contributed by atoms with Crippen LogP contribution in [0.15, 0.2) is 99.0 Å². The van der Waals surface area contributed by atoms with E-state index in [0.717, 1.165) is 14.5 Å². The maximum atomic E-state index is 13.8. The zero-order valence-corrected chi connectivity index (χ0v) is 24.4. The number of carbonyl (C=O) groups excluding carboxylic acids is 2. The van der Waals surface area contributed by atoms with Gasteiger partial charge in [-0.15, -0.1) is 10.2 Å². The first-order valence-corrected chi connectivity index (χ1v) is 14.9. The molecule has 0 spiro atoms. The second-order valence-corrected chi connectivity index (χ2v) is 12.5. The third-order valence-corrected chi connectivity index (χ3v) is 9.26. The van der Waals surface area contributed by atoms with Crippen LogP contribution in [0.3, 0.4) is 0 Å². The molecule has 0 aliphatic carbocycles. The summed E-state index contributed by atoms with van der Waals surface area (Å²) in [6.07, 6.45) is 0. The van der Waals surface area contributed by atoms with E-state index in [1.165, 1.54) is 28.0 Å². The average molecular weight is 686 g/mol. The van der Waals surface area contributed by atoms with E-state index in [1.54, 1.807) is 12.1 Å². The van der Waals surface area contributed by atoms with Crippen LogP contribution in [0.5, 0.6) is 0 Å². The van der Waals surface area contributed by atoms with E-state index in [1.807, 2.05) is 66.7 Å². The number of aliphatic hydroxyl groups is 1. The van der Waals surface area contributed by atoms with Crippen LogP contribution in [-0.2, 0) is 10.5 Å². The molecule has 1 amide bonds. The highest BCUT2D eigenvalue weighted by atomic mass is 127. The van der Waals surface area contributed by atoms with Gasteiger partial charge in [0, 0.05) is 19.7 Å². The molecule has 2 aromatic heterocycles. The molecule has 1 N–H and O–H groups in total. The minimum Gasteiger partial charge on any atom is -0.503 e. The summed E-state index contributed by atoms with van der Waals surface area (Å²) >= 11 is 10.9. The quantitative estimate of drug-likeness (QED) is 0.0815. The van der Waals surface area contributed by atoms with Crippen molar-refractivity contribution in [1.29, 1.82) is 0 Å². The van der Waals surface area contributed by atoms with Crippen LogP contribution in [-0.4, -0.2) is 27.0 Å². The lowest BCUT2D eigenvalue weighted by Crippen LogP contribution is -2.31. The zero-order valence-electron chi connectivity index (χ0n) is 19.9. The molecule has 194 valence electrons. The highest BCUT2D eigenvalue weighted by Gasteiger charge is 2.46. The van der Waals surface area contributed by atoms with E-state index in [2.05, 4.69) is 32.8 Å². The number of halogens is 2. The molecule has 5 aromatic rings. The number of Topliss-reactive ketones (excluding diaryl/α,β-unsaturated/α-hetero) is 1. The van der Waals surface area contributed by atoms with Crippen molar-refractivity contribution in [3.8, 4) is 0 Å². The maximum absolute atomic E-state index is 13.8. The van der Waals surface area contributed by atoms with Gasteiger partial charge in [0.05, 0.1) is 11.6 Å². The number of hydrogen-bond donors (Lipinski definition) is 1. The number of aromatic nitrogens is 2. The largest absolute Gasteiger partial charge is 0.503 e. The van der Waals surface area contributed by atoms with Crippen LogP contribution in [0.25, 0.3) is 11.0 Å². The summed E-state index contributed by atoms with van der Waals surface area (Å²) < 4.78 is 7.43. The molecule has 6 rings (SSSR count). The number of benzene rings is 3. The summed E-state index contributed by atoms with van der Waals surface area (Å²) in [7, 11) is 0. The van der Waals surface area contributed by atoms with Crippen molar-refractivity contribution in [2.24, 2.45) is 0 Å². The number of aliphatic hydroxyl groups excluding tert-OH is 1. The highest BCUT2D eigenvalue weighted by Crippen LogP contribution is 2.44. The lowest BCUT2D eigenvalue weighted by molar-refractivity contribution is -0.117. The zero-order chi connectivity index (χ0) is 27.1. The van der Waals surface area contributed by atoms with Gasteiger partial charge in [-0.3, -0.25) is 14.5 Å². The molecule has 0 radical (unpaired) electrons. The topological polar surface area (TPSA) is 96.5 Å². The number of para-hydroxylation sites is 1. The van der Waals surface area contributed by atoms with Crippen molar-refractivity contribution in [2.45, 2.75) is 16.1 Å². The van der Waals surface area contributed by atoms with Gasteiger partial charge >= 0.3 is 0 Å². The monoisotopic (exact) mass is 685 g/mol.